The van der Waals surface area contributed by atoms with E-state index >= 15 is 0 Å². The van der Waals surface area contributed by atoms with Crippen molar-refractivity contribution in [3.8, 4) is 0 Å². The topological polar surface area (TPSA) is 63.8 Å². The number of pyridine rings is 1. The molecule has 2 aromatic rings. The van der Waals surface area contributed by atoms with Gasteiger partial charge in [0.25, 0.3) is 0 Å². The van der Waals surface area contributed by atoms with Crippen molar-refractivity contribution in [2.24, 2.45) is 5.73 Å². The van der Waals surface area contributed by atoms with Crippen LogP contribution >= 0.6 is 23.6 Å². The van der Waals surface area contributed by atoms with E-state index in [4.69, 9.17) is 18.0 Å². The van der Waals surface area contributed by atoms with E-state index in [-0.39, 0.29) is 0 Å². The Morgan fingerprint density at radius 3 is 2.85 bits per heavy atom. The van der Waals surface area contributed by atoms with Gasteiger partial charge in [0, 0.05) is 16.3 Å². The van der Waals surface area contributed by atoms with Crippen LogP contribution in [-0.2, 0) is 12.8 Å². The minimum Gasteiger partial charge on any atom is -0.389 e. The maximum absolute atomic E-state index is 5.83. The summed E-state index contributed by atoms with van der Waals surface area (Å²) in [6.07, 6.45) is 3.45. The van der Waals surface area contributed by atoms with Crippen LogP contribution in [0, 0.1) is 13.8 Å². The molecule has 3 rings (SSSR count). The molecule has 0 amide bonds. The predicted molar refractivity (Wildman–Crippen MR) is 87.0 cm³/mol. The van der Waals surface area contributed by atoms with Gasteiger partial charge in [-0.2, -0.15) is 0 Å². The fraction of sp³-hybridized carbons (Fsp3) is 0.357. The van der Waals surface area contributed by atoms with E-state index in [2.05, 4.69) is 15.3 Å². The van der Waals surface area contributed by atoms with E-state index in [0.29, 0.717) is 4.99 Å². The Morgan fingerprint density at radius 1 is 1.35 bits per heavy atom. The van der Waals surface area contributed by atoms with Gasteiger partial charge in [0.2, 0.25) is 0 Å². The molecule has 0 atom stereocenters. The second-order valence-corrected chi connectivity index (χ2v) is 6.53. The van der Waals surface area contributed by atoms with Crippen LogP contribution in [0.25, 0.3) is 0 Å². The number of nitrogens with zero attached hydrogens (tertiary/aromatic N) is 2. The number of rotatable bonds is 3. The smallest absolute Gasteiger partial charge is 0.187 e. The lowest BCUT2D eigenvalue weighted by Gasteiger charge is -2.12. The van der Waals surface area contributed by atoms with E-state index in [1.165, 1.54) is 17.0 Å². The minimum atomic E-state index is 0.363. The van der Waals surface area contributed by atoms with Crippen molar-refractivity contribution in [3.05, 3.63) is 33.6 Å². The summed E-state index contributed by atoms with van der Waals surface area (Å²) in [6, 6.07) is 1.97. The fourth-order valence-corrected chi connectivity index (χ4v) is 3.92. The average molecular weight is 304 g/mol. The van der Waals surface area contributed by atoms with Crippen LogP contribution in [-0.4, -0.2) is 15.0 Å². The van der Waals surface area contributed by atoms with Crippen LogP contribution < -0.4 is 11.1 Å². The lowest BCUT2D eigenvalue weighted by Crippen LogP contribution is -2.15. The molecule has 0 saturated carbocycles. The van der Waals surface area contributed by atoms with Crippen LogP contribution in [0.2, 0.25) is 0 Å². The van der Waals surface area contributed by atoms with Crippen molar-refractivity contribution in [2.75, 3.05) is 5.32 Å². The summed E-state index contributed by atoms with van der Waals surface area (Å²) in [7, 11) is 0. The highest BCUT2D eigenvalue weighted by Gasteiger charge is 2.18. The largest absolute Gasteiger partial charge is 0.389 e. The molecular formula is C14H16N4S2. The van der Waals surface area contributed by atoms with E-state index < -0.39 is 0 Å². The van der Waals surface area contributed by atoms with E-state index in [1.807, 2.05) is 19.9 Å². The molecule has 0 spiro atoms. The zero-order chi connectivity index (χ0) is 14.3. The van der Waals surface area contributed by atoms with E-state index in [0.717, 1.165) is 40.6 Å². The van der Waals surface area contributed by atoms with Gasteiger partial charge in [0.1, 0.15) is 4.99 Å². The van der Waals surface area contributed by atoms with Gasteiger partial charge in [-0.3, -0.25) is 4.98 Å². The van der Waals surface area contributed by atoms with Crippen LogP contribution in [0.4, 0.5) is 10.8 Å². The zero-order valence-corrected chi connectivity index (χ0v) is 13.1. The minimum absolute atomic E-state index is 0.363. The molecule has 20 heavy (non-hydrogen) atoms. The first-order valence-electron chi connectivity index (χ1n) is 6.58. The molecule has 104 valence electrons. The van der Waals surface area contributed by atoms with Gasteiger partial charge in [0.05, 0.1) is 16.9 Å². The number of nitrogens with one attached hydrogen (secondary N) is 1. The highest BCUT2D eigenvalue weighted by molar-refractivity contribution is 7.80. The zero-order valence-electron chi connectivity index (χ0n) is 11.5. The van der Waals surface area contributed by atoms with Crippen LogP contribution in [0.1, 0.15) is 33.9 Å². The Hall–Kier alpha value is -1.53. The third-order valence-corrected chi connectivity index (χ3v) is 4.69. The second-order valence-electron chi connectivity index (χ2n) is 5.00. The number of aromatic nitrogens is 2. The summed E-state index contributed by atoms with van der Waals surface area (Å²) in [5.41, 5.74) is 10.6. The van der Waals surface area contributed by atoms with Crippen molar-refractivity contribution in [2.45, 2.75) is 33.1 Å². The molecule has 0 radical (unpaired) electrons. The van der Waals surface area contributed by atoms with Gasteiger partial charge in [0.15, 0.2) is 5.13 Å². The SMILES string of the molecule is Cc1cc(Nc2nc3c(s2)CCC3)c(C(N)=S)c(C)n1. The number of aryl methyl sites for hydroxylation is 4. The quantitative estimate of drug-likeness (QED) is 0.853. The summed E-state index contributed by atoms with van der Waals surface area (Å²) in [5.74, 6) is 0. The Kier molecular flexibility index (Phi) is 3.43. The molecule has 1 aliphatic rings. The first-order chi connectivity index (χ1) is 9.54. The van der Waals surface area contributed by atoms with Gasteiger partial charge >= 0.3 is 0 Å². The predicted octanol–water partition coefficient (Wildman–Crippen LogP) is 3.02. The van der Waals surface area contributed by atoms with Crippen molar-refractivity contribution >= 4 is 39.4 Å². The molecule has 0 bridgehead atoms. The van der Waals surface area contributed by atoms with Crippen molar-refractivity contribution in [1.29, 1.82) is 0 Å². The molecule has 2 heterocycles. The van der Waals surface area contributed by atoms with Gasteiger partial charge in [-0.05, 0) is 39.2 Å². The molecule has 0 aromatic carbocycles. The molecule has 6 heteroatoms. The molecule has 0 fully saturated rings. The summed E-state index contributed by atoms with van der Waals surface area (Å²) < 4.78 is 0. The van der Waals surface area contributed by atoms with Crippen LogP contribution in [0.5, 0.6) is 0 Å². The van der Waals surface area contributed by atoms with Gasteiger partial charge in [-0.15, -0.1) is 11.3 Å². The first-order valence-corrected chi connectivity index (χ1v) is 7.80. The Morgan fingerprint density at radius 2 is 2.15 bits per heavy atom. The van der Waals surface area contributed by atoms with Crippen molar-refractivity contribution in [1.82, 2.24) is 9.97 Å². The standard InChI is InChI=1S/C14H16N4S2/c1-7-6-10(12(13(15)19)8(2)16-7)18-14-17-9-4-3-5-11(9)20-14/h6H,3-5H2,1-2H3,(H2,15,19)(H,16,17,18). The fourth-order valence-electron chi connectivity index (χ4n) is 2.60. The molecule has 4 nitrogen and oxygen atoms in total. The lowest BCUT2D eigenvalue weighted by atomic mass is 10.1. The van der Waals surface area contributed by atoms with E-state index in [9.17, 15) is 0 Å². The van der Waals surface area contributed by atoms with Crippen LogP contribution in [0.3, 0.4) is 0 Å². The molecule has 2 aromatic heterocycles. The Balaban J connectivity index is 1.98. The number of fused-ring (bicyclic) bond motifs is 1. The maximum atomic E-state index is 5.83. The molecule has 3 N–H and O–H groups in total. The van der Waals surface area contributed by atoms with Gasteiger partial charge in [-0.1, -0.05) is 12.2 Å². The first kappa shape index (κ1) is 13.5. The van der Waals surface area contributed by atoms with Crippen LogP contribution in [0.15, 0.2) is 6.07 Å². The molecule has 0 saturated heterocycles. The molecule has 1 aliphatic carbocycles. The van der Waals surface area contributed by atoms with Gasteiger partial charge in [-0.25, -0.2) is 4.98 Å². The highest BCUT2D eigenvalue weighted by atomic mass is 32.1. The molecule has 0 aliphatic heterocycles. The monoisotopic (exact) mass is 304 g/mol. The Labute approximate surface area is 127 Å². The number of thiazole rings is 1. The number of hydrogen-bond acceptors (Lipinski definition) is 5. The second kappa shape index (κ2) is 5.10. The number of nitrogens with two attached hydrogens (primary N) is 1. The molecular weight excluding hydrogens is 288 g/mol. The van der Waals surface area contributed by atoms with Crippen molar-refractivity contribution in [3.63, 3.8) is 0 Å². The van der Waals surface area contributed by atoms with Gasteiger partial charge < -0.3 is 11.1 Å². The number of thiocarbonyl (C=S) groups is 1. The average Bonchev–Trinajstić information content (AvgIpc) is 2.87. The molecule has 0 unspecified atom stereocenters. The third-order valence-electron chi connectivity index (χ3n) is 3.41. The maximum Gasteiger partial charge on any atom is 0.187 e. The summed E-state index contributed by atoms with van der Waals surface area (Å²) in [4.78, 5) is 10.8. The number of anilines is 2. The number of hydrogen-bond donors (Lipinski definition) is 2. The summed E-state index contributed by atoms with van der Waals surface area (Å²) in [6.45, 7) is 3.89. The van der Waals surface area contributed by atoms with E-state index in [1.54, 1.807) is 11.3 Å². The summed E-state index contributed by atoms with van der Waals surface area (Å²) >= 11 is 6.86. The highest BCUT2D eigenvalue weighted by Crippen LogP contribution is 2.33. The van der Waals surface area contributed by atoms with Crippen molar-refractivity contribution < 1.29 is 0 Å². The summed E-state index contributed by atoms with van der Waals surface area (Å²) in [5, 5.41) is 4.28. The normalized spacial score (nSPS) is 13.3. The lowest BCUT2D eigenvalue weighted by molar-refractivity contribution is 0.900. The Bertz CT molecular complexity index is 669. The third kappa shape index (κ3) is 2.41.